The topological polar surface area (TPSA) is 0 Å². The van der Waals surface area contributed by atoms with E-state index in [0.29, 0.717) is 0 Å². The maximum Gasteiger partial charge on any atom is 0.0213 e. The molecule has 0 nitrogen and oxygen atoms in total. The van der Waals surface area contributed by atoms with E-state index in [1.165, 1.54) is 73.7 Å². The second-order valence-electron chi connectivity index (χ2n) is 9.48. The summed E-state index contributed by atoms with van der Waals surface area (Å²) in [7, 11) is 1.50. The fraction of sp³-hybridized carbons (Fsp3) is 0.556. The van der Waals surface area contributed by atoms with E-state index in [1.807, 2.05) is 0 Å². The van der Waals surface area contributed by atoms with Gasteiger partial charge in [0.05, 0.1) is 0 Å². The van der Waals surface area contributed by atoms with Gasteiger partial charge in [0.25, 0.3) is 0 Å². The molecule has 0 fully saturated rings. The minimum atomic E-state index is 0. The van der Waals surface area contributed by atoms with Gasteiger partial charge in [-0.1, -0.05) is 105 Å². The fourth-order valence-electron chi connectivity index (χ4n) is 3.61. The minimum absolute atomic E-state index is 0. The number of hydrogen-bond acceptors (Lipinski definition) is 0. The van der Waals surface area contributed by atoms with Crippen LogP contribution in [0.3, 0.4) is 0 Å². The molecule has 0 bridgehead atoms. The molecular weight excluding hydrogens is 884 g/mol. The van der Waals surface area contributed by atoms with Crippen LogP contribution in [0.5, 0.6) is 0 Å². The summed E-state index contributed by atoms with van der Waals surface area (Å²) in [5.74, 6) is 0. The van der Waals surface area contributed by atoms with E-state index in [0.717, 1.165) is 44.7 Å². The first-order chi connectivity index (χ1) is 18.6. The molecule has 0 atom stereocenters. The van der Waals surface area contributed by atoms with Crippen molar-refractivity contribution in [2.75, 3.05) is 0 Å². The van der Waals surface area contributed by atoms with Crippen LogP contribution in [0.2, 0.25) is 26.2 Å². The monoisotopic (exact) mass is 944 g/mol. The van der Waals surface area contributed by atoms with Crippen LogP contribution in [-0.4, -0.2) is 19.0 Å². The van der Waals surface area contributed by atoms with Crippen molar-refractivity contribution in [3.05, 3.63) is 95.2 Å². The summed E-state index contributed by atoms with van der Waals surface area (Å²) in [5, 5.41) is 0. The Kier molecular flexibility index (Phi) is 58.8. The van der Waals surface area contributed by atoms with Crippen molar-refractivity contribution in [1.29, 1.82) is 0 Å². The van der Waals surface area contributed by atoms with E-state index < -0.39 is 0 Å². The maximum atomic E-state index is 3.14. The molecule has 0 saturated carbocycles. The third-order valence-electron chi connectivity index (χ3n) is 5.23. The number of rotatable bonds is 8. The Morgan fingerprint density at radius 3 is 0.714 bits per heavy atom. The molecule has 0 amide bonds. The zero-order chi connectivity index (χ0) is 28.7. The summed E-state index contributed by atoms with van der Waals surface area (Å²) in [6.45, 7) is 17.6. The molecular formula is C36H58F2Hf2Si2-6. The number of hydrogen-bond donors (Lipinski definition) is 0. The van der Waals surface area contributed by atoms with Crippen LogP contribution in [0.15, 0.2) is 70.9 Å². The number of halogens is 2. The molecule has 0 saturated heterocycles. The summed E-state index contributed by atoms with van der Waals surface area (Å²) in [4.78, 5) is 0. The molecule has 0 heterocycles. The minimum Gasteiger partial charge on any atom is -1.00 e. The molecule has 42 heavy (non-hydrogen) atoms. The van der Waals surface area contributed by atoms with Gasteiger partial charge in [0.1, 0.15) is 0 Å². The van der Waals surface area contributed by atoms with Crippen molar-refractivity contribution in [2.24, 2.45) is 0 Å². The average Bonchev–Trinajstić information content (AvgIpc) is 3.71. The SMILES string of the molecule is CCCC1=CC[C-]=C1.CCCC1=CC[C-]=C1.CCCC1=CC[C-]=C1.CCCC1=CC[C-]=C1.C[SiH]C.C[SiH]C.[F-].[F-].[Hf].[Hf]. The summed E-state index contributed by atoms with van der Waals surface area (Å²) < 4.78 is 0. The van der Waals surface area contributed by atoms with Crippen molar-refractivity contribution in [2.45, 2.75) is 131 Å². The summed E-state index contributed by atoms with van der Waals surface area (Å²) >= 11 is 0. The summed E-state index contributed by atoms with van der Waals surface area (Å²) in [6.07, 6.45) is 44.0. The second-order valence-corrected chi connectivity index (χ2v) is 11.8. The first-order valence-electron chi connectivity index (χ1n) is 15.1. The Hall–Kier alpha value is -0.0460. The Bertz CT molecular complexity index is 662. The Morgan fingerprint density at radius 2 is 0.619 bits per heavy atom. The summed E-state index contributed by atoms with van der Waals surface area (Å²) in [5.41, 5.74) is 5.86. The van der Waals surface area contributed by atoms with Crippen LogP contribution in [0.1, 0.15) is 105 Å². The predicted octanol–water partition coefficient (Wildman–Crippen LogP) is 4.95. The number of allylic oxidation sites excluding steroid dienone is 16. The predicted molar refractivity (Wildman–Crippen MR) is 179 cm³/mol. The molecule has 2 radical (unpaired) electrons. The fourth-order valence-corrected chi connectivity index (χ4v) is 3.61. The van der Waals surface area contributed by atoms with Gasteiger partial charge in [0.2, 0.25) is 0 Å². The Balaban J connectivity index is -0.0000000939. The van der Waals surface area contributed by atoms with Crippen molar-refractivity contribution in [1.82, 2.24) is 0 Å². The molecule has 4 aliphatic carbocycles. The maximum absolute atomic E-state index is 3.14. The molecule has 4 rings (SSSR count). The third-order valence-corrected chi connectivity index (χ3v) is 5.23. The normalized spacial score (nSPS) is 13.7. The van der Waals surface area contributed by atoms with Gasteiger partial charge < -0.3 is 9.41 Å². The zero-order valence-corrected chi connectivity index (χ0v) is 37.5. The van der Waals surface area contributed by atoms with E-state index in [1.54, 1.807) is 0 Å². The largest absolute Gasteiger partial charge is 1.00 e. The smallest absolute Gasteiger partial charge is 0.0213 e. The molecule has 6 heteroatoms. The van der Waals surface area contributed by atoms with Gasteiger partial charge in [-0.25, -0.2) is 46.6 Å². The van der Waals surface area contributed by atoms with E-state index >= 15 is 0 Å². The Labute approximate surface area is 303 Å². The van der Waals surface area contributed by atoms with Crippen molar-refractivity contribution in [3.8, 4) is 0 Å². The van der Waals surface area contributed by atoms with Crippen LogP contribution < -0.4 is 9.41 Å². The standard InChI is InChI=1S/4C8H11.2C2H7Si.2FH.2Hf/c4*1-2-5-8-6-3-4-7-8;2*1-3-2;;;;/h4*6-7H,2-3,5H2,1H3;2*3H,1-2H3;2*1H;;/q4*-1;;;;;;/p-2. The first-order valence-corrected chi connectivity index (χ1v) is 19.7. The molecule has 4 aliphatic rings. The molecule has 0 aliphatic heterocycles. The zero-order valence-electron chi connectivity index (χ0n) is 28.0. The second kappa shape index (κ2) is 45.4. The molecule has 0 aromatic carbocycles. The van der Waals surface area contributed by atoms with E-state index in [4.69, 9.17) is 0 Å². The van der Waals surface area contributed by atoms with E-state index in [9.17, 15) is 0 Å². The molecule has 0 spiro atoms. The quantitative estimate of drug-likeness (QED) is 0.239. The van der Waals surface area contributed by atoms with Crippen LogP contribution in [0.4, 0.5) is 0 Å². The van der Waals surface area contributed by atoms with Crippen LogP contribution in [0, 0.1) is 24.3 Å². The first kappa shape index (κ1) is 54.4. The van der Waals surface area contributed by atoms with Gasteiger partial charge in [-0.3, -0.25) is 24.3 Å². The summed E-state index contributed by atoms with van der Waals surface area (Å²) in [6, 6.07) is 0. The van der Waals surface area contributed by atoms with Gasteiger partial charge in [-0.2, -0.15) is 24.3 Å². The Morgan fingerprint density at radius 1 is 0.452 bits per heavy atom. The van der Waals surface area contributed by atoms with E-state index in [2.05, 4.69) is 127 Å². The van der Waals surface area contributed by atoms with E-state index in [-0.39, 0.29) is 61.1 Å². The van der Waals surface area contributed by atoms with Crippen LogP contribution in [0.25, 0.3) is 0 Å². The van der Waals surface area contributed by atoms with Crippen LogP contribution in [-0.2, 0) is 51.7 Å². The van der Waals surface area contributed by atoms with Crippen LogP contribution >= 0.6 is 0 Å². The van der Waals surface area contributed by atoms with Gasteiger partial charge in [-0.05, 0) is 0 Å². The van der Waals surface area contributed by atoms with Crippen molar-refractivity contribution >= 4 is 19.0 Å². The van der Waals surface area contributed by atoms with Gasteiger partial charge in [0.15, 0.2) is 0 Å². The third kappa shape index (κ3) is 38.0. The van der Waals surface area contributed by atoms with Gasteiger partial charge >= 0.3 is 0 Å². The molecule has 0 N–H and O–H groups in total. The average molecular weight is 942 g/mol. The van der Waals surface area contributed by atoms with Gasteiger partial charge in [0, 0.05) is 70.7 Å². The van der Waals surface area contributed by atoms with Gasteiger partial charge in [-0.15, -0.1) is 25.7 Å². The molecule has 238 valence electrons. The van der Waals surface area contributed by atoms with Crippen molar-refractivity contribution < 1.29 is 61.1 Å². The van der Waals surface area contributed by atoms with Crippen molar-refractivity contribution in [3.63, 3.8) is 0 Å². The molecule has 0 aromatic heterocycles. The molecule has 0 unspecified atom stereocenters. The molecule has 0 aromatic rings.